The maximum atomic E-state index is 11.8. The maximum Gasteiger partial charge on any atom is 0.347 e. The van der Waals surface area contributed by atoms with E-state index in [4.69, 9.17) is 14.2 Å². The Morgan fingerprint density at radius 1 is 1.00 bits per heavy atom. The first-order valence-electron chi connectivity index (χ1n) is 4.98. The van der Waals surface area contributed by atoms with E-state index >= 15 is 0 Å². The zero-order valence-electron chi connectivity index (χ0n) is 11.1. The van der Waals surface area contributed by atoms with E-state index in [1.54, 1.807) is 0 Å². The fraction of sp³-hybridized carbons (Fsp3) is 0.636. The van der Waals surface area contributed by atoms with Crippen LogP contribution in [0.5, 0.6) is 0 Å². The van der Waals surface area contributed by atoms with Crippen molar-refractivity contribution in [2.75, 3.05) is 35.5 Å². The Morgan fingerprint density at radius 3 is 1.89 bits per heavy atom. The summed E-state index contributed by atoms with van der Waals surface area (Å²) in [6, 6.07) is 0. The highest BCUT2D eigenvalue weighted by molar-refractivity contribution is 5.87. The number of esters is 2. The van der Waals surface area contributed by atoms with Gasteiger partial charge in [0.2, 0.25) is 11.9 Å². The van der Waals surface area contributed by atoms with Crippen LogP contribution in [-0.2, 0) is 33.3 Å². The molecule has 0 radical (unpaired) electrons. The van der Waals surface area contributed by atoms with Gasteiger partial charge in [-0.05, 0) is 6.08 Å². The average Bonchev–Trinajstić information content (AvgIpc) is 2.42. The molecule has 104 valence electrons. The lowest BCUT2D eigenvalue weighted by molar-refractivity contribution is -0.220. The third-order valence-corrected chi connectivity index (χ3v) is 2.29. The summed E-state index contributed by atoms with van der Waals surface area (Å²) < 4.78 is 24.2. The van der Waals surface area contributed by atoms with E-state index in [9.17, 15) is 9.59 Å². The molecular formula is C11H18O7. The van der Waals surface area contributed by atoms with Crippen LogP contribution in [0.3, 0.4) is 0 Å². The molecule has 7 nitrogen and oxygen atoms in total. The third-order valence-electron chi connectivity index (χ3n) is 2.29. The summed E-state index contributed by atoms with van der Waals surface area (Å²) in [5.74, 6) is -1.41. The molecule has 0 N–H and O–H groups in total. The van der Waals surface area contributed by atoms with Crippen LogP contribution >= 0.6 is 0 Å². The van der Waals surface area contributed by atoms with E-state index in [1.807, 2.05) is 0 Å². The highest BCUT2D eigenvalue weighted by atomic mass is 16.7. The number of ether oxygens (including phenoxy) is 5. The number of hydrogen-bond donors (Lipinski definition) is 0. The summed E-state index contributed by atoms with van der Waals surface area (Å²) in [7, 11) is 6.32. The van der Waals surface area contributed by atoms with Gasteiger partial charge in [0.25, 0.3) is 0 Å². The van der Waals surface area contributed by atoms with Crippen LogP contribution in [0.2, 0.25) is 0 Å². The van der Waals surface area contributed by atoms with Crippen molar-refractivity contribution in [2.45, 2.75) is 11.9 Å². The second kappa shape index (κ2) is 7.80. The second-order valence-corrected chi connectivity index (χ2v) is 3.15. The Morgan fingerprint density at radius 2 is 1.56 bits per heavy atom. The van der Waals surface area contributed by atoms with E-state index in [2.05, 4.69) is 9.47 Å². The van der Waals surface area contributed by atoms with Crippen molar-refractivity contribution in [3.8, 4) is 0 Å². The molecule has 0 spiro atoms. The third kappa shape index (κ3) is 3.52. The lowest BCUT2D eigenvalue weighted by atomic mass is 10.0. The highest BCUT2D eigenvalue weighted by Crippen LogP contribution is 2.23. The molecule has 0 amide bonds. The van der Waals surface area contributed by atoms with Gasteiger partial charge in [-0.3, -0.25) is 0 Å². The number of hydrogen-bond acceptors (Lipinski definition) is 7. The Labute approximate surface area is 106 Å². The van der Waals surface area contributed by atoms with Crippen molar-refractivity contribution in [1.82, 2.24) is 0 Å². The molecule has 1 unspecified atom stereocenters. The molecule has 0 bridgehead atoms. The van der Waals surface area contributed by atoms with E-state index in [1.165, 1.54) is 41.6 Å². The average molecular weight is 262 g/mol. The summed E-state index contributed by atoms with van der Waals surface area (Å²) in [5.41, 5.74) is -1.69. The molecule has 0 aliphatic rings. The zero-order chi connectivity index (χ0) is 14.2. The fourth-order valence-corrected chi connectivity index (χ4v) is 1.36. The number of methoxy groups -OCH3 is 5. The summed E-state index contributed by atoms with van der Waals surface area (Å²) in [5, 5.41) is 0. The van der Waals surface area contributed by atoms with Gasteiger partial charge in [0, 0.05) is 27.4 Å². The Bertz CT molecular complexity index is 309. The summed E-state index contributed by atoms with van der Waals surface area (Å²) in [4.78, 5) is 22.9. The monoisotopic (exact) mass is 262 g/mol. The molecule has 0 aliphatic heterocycles. The van der Waals surface area contributed by atoms with Crippen molar-refractivity contribution in [1.29, 1.82) is 0 Å². The fourth-order valence-electron chi connectivity index (χ4n) is 1.36. The largest absolute Gasteiger partial charge is 0.466 e. The van der Waals surface area contributed by atoms with Gasteiger partial charge in [-0.25, -0.2) is 9.59 Å². The molecule has 0 aromatic heterocycles. The van der Waals surface area contributed by atoms with E-state index < -0.39 is 23.8 Å². The van der Waals surface area contributed by atoms with Crippen molar-refractivity contribution < 1.29 is 33.3 Å². The van der Waals surface area contributed by atoms with Gasteiger partial charge in [-0.15, -0.1) is 0 Å². The van der Waals surface area contributed by atoms with Gasteiger partial charge in [0.1, 0.15) is 0 Å². The van der Waals surface area contributed by atoms with Crippen molar-refractivity contribution in [3.63, 3.8) is 0 Å². The van der Waals surface area contributed by atoms with E-state index in [-0.39, 0.29) is 0 Å². The number of rotatable bonds is 7. The van der Waals surface area contributed by atoms with E-state index in [0.29, 0.717) is 0 Å². The normalized spacial score (nSPS) is 14.6. The van der Waals surface area contributed by atoms with Gasteiger partial charge >= 0.3 is 11.9 Å². The first-order valence-corrected chi connectivity index (χ1v) is 4.98. The molecule has 7 heteroatoms. The first kappa shape index (κ1) is 16.6. The van der Waals surface area contributed by atoms with Crippen LogP contribution in [-0.4, -0.2) is 59.4 Å². The molecule has 18 heavy (non-hydrogen) atoms. The van der Waals surface area contributed by atoms with Gasteiger partial charge in [0.05, 0.1) is 14.2 Å². The molecular weight excluding hydrogens is 244 g/mol. The standard InChI is InChI=1S/C11H18O7/c1-14-8(12)6-7-11(18-5,9(13)15-2)10(16-3)17-4/h6-7,10H,1-5H3/b7-6+. The van der Waals surface area contributed by atoms with Crippen LogP contribution < -0.4 is 0 Å². The topological polar surface area (TPSA) is 80.3 Å². The number of carbonyl (C=O) groups excluding carboxylic acids is 2. The van der Waals surface area contributed by atoms with E-state index in [0.717, 1.165) is 6.08 Å². The maximum absolute atomic E-state index is 11.8. The van der Waals surface area contributed by atoms with Gasteiger partial charge < -0.3 is 23.7 Å². The van der Waals surface area contributed by atoms with Crippen LogP contribution in [0.15, 0.2) is 12.2 Å². The zero-order valence-corrected chi connectivity index (χ0v) is 11.1. The highest BCUT2D eigenvalue weighted by Gasteiger charge is 2.47. The molecule has 0 aromatic carbocycles. The number of carbonyl (C=O) groups is 2. The second-order valence-electron chi connectivity index (χ2n) is 3.15. The molecule has 0 aliphatic carbocycles. The SMILES string of the molecule is COC(=O)/C=C/C(OC)(C(=O)OC)C(OC)OC. The lowest BCUT2D eigenvalue weighted by Crippen LogP contribution is -2.52. The Hall–Kier alpha value is -1.44. The molecule has 0 saturated carbocycles. The summed E-state index contributed by atoms with van der Waals surface area (Å²) in [6.07, 6.45) is 1.13. The van der Waals surface area contributed by atoms with Crippen LogP contribution in [0.4, 0.5) is 0 Å². The molecule has 0 heterocycles. The Kier molecular flexibility index (Phi) is 7.18. The van der Waals surface area contributed by atoms with Crippen molar-refractivity contribution >= 4 is 11.9 Å². The van der Waals surface area contributed by atoms with Crippen molar-refractivity contribution in [3.05, 3.63) is 12.2 Å². The first-order chi connectivity index (χ1) is 8.52. The minimum absolute atomic E-state index is 0.647. The van der Waals surface area contributed by atoms with Gasteiger partial charge in [-0.1, -0.05) is 0 Å². The van der Waals surface area contributed by atoms with Crippen LogP contribution in [0, 0.1) is 0 Å². The minimum atomic E-state index is -1.69. The van der Waals surface area contributed by atoms with Gasteiger partial charge in [-0.2, -0.15) is 0 Å². The molecule has 0 fully saturated rings. The minimum Gasteiger partial charge on any atom is -0.466 e. The van der Waals surface area contributed by atoms with Crippen LogP contribution in [0.1, 0.15) is 0 Å². The predicted octanol–water partition coefficient (Wildman–Crippen LogP) is -0.107. The lowest BCUT2D eigenvalue weighted by Gasteiger charge is -2.32. The summed E-state index contributed by atoms with van der Waals surface area (Å²) in [6.45, 7) is 0. The van der Waals surface area contributed by atoms with Gasteiger partial charge in [0.15, 0.2) is 0 Å². The molecule has 0 saturated heterocycles. The molecule has 0 aromatic rings. The van der Waals surface area contributed by atoms with Crippen LogP contribution in [0.25, 0.3) is 0 Å². The molecule has 1 atom stereocenters. The van der Waals surface area contributed by atoms with Crippen molar-refractivity contribution in [2.24, 2.45) is 0 Å². The molecule has 0 rings (SSSR count). The Balaban J connectivity index is 5.42. The predicted molar refractivity (Wildman–Crippen MR) is 60.7 cm³/mol. The summed E-state index contributed by atoms with van der Waals surface area (Å²) >= 11 is 0. The quantitative estimate of drug-likeness (QED) is 0.360. The smallest absolute Gasteiger partial charge is 0.347 e.